The van der Waals surface area contributed by atoms with Gasteiger partial charge in [-0.3, -0.25) is 20.2 Å². The number of hydrogen-bond acceptors (Lipinski definition) is 5. The Hall–Kier alpha value is -1.69. The fraction of sp³-hybridized carbons (Fsp3) is 0.500. The Balaban J connectivity index is 1.84. The van der Waals surface area contributed by atoms with E-state index in [2.05, 4.69) is 15.3 Å². The number of thioether (sulfide) groups is 1. The van der Waals surface area contributed by atoms with Crippen molar-refractivity contribution in [3.8, 4) is 0 Å². The Morgan fingerprint density at radius 1 is 1.41 bits per heavy atom. The minimum absolute atomic E-state index is 0.150. The summed E-state index contributed by atoms with van der Waals surface area (Å²) in [6.07, 6.45) is 7.69. The van der Waals surface area contributed by atoms with E-state index in [9.17, 15) is 4.79 Å². The standard InChI is InChI=1S/C16H22N4OS/c1-18-16(22-15(17)12-7-3-2-4-8-12)20-14(21)11-13-9-5-6-10-19-13/h5-6,9-10,12,17H,2-4,7-8,11H2,1H3,(H,18,20,21). The van der Waals surface area contributed by atoms with Crippen molar-refractivity contribution in [2.24, 2.45) is 10.9 Å². The van der Waals surface area contributed by atoms with Crippen molar-refractivity contribution in [3.63, 3.8) is 0 Å². The van der Waals surface area contributed by atoms with Gasteiger partial charge in [-0.1, -0.05) is 25.3 Å². The Morgan fingerprint density at radius 3 is 2.82 bits per heavy atom. The lowest BCUT2D eigenvalue weighted by molar-refractivity contribution is -0.119. The largest absolute Gasteiger partial charge is 0.305 e. The van der Waals surface area contributed by atoms with Gasteiger partial charge >= 0.3 is 0 Å². The normalized spacial score (nSPS) is 16.3. The lowest BCUT2D eigenvalue weighted by Crippen LogP contribution is -2.31. The Kier molecular flexibility index (Phi) is 6.58. The highest BCUT2D eigenvalue weighted by atomic mass is 32.2. The van der Waals surface area contributed by atoms with E-state index in [4.69, 9.17) is 5.41 Å². The molecule has 0 saturated heterocycles. The third-order valence-corrected chi connectivity index (χ3v) is 4.73. The fourth-order valence-electron chi connectivity index (χ4n) is 2.51. The Bertz CT molecular complexity index is 538. The maximum absolute atomic E-state index is 12.0. The number of hydrogen-bond donors (Lipinski definition) is 2. The summed E-state index contributed by atoms with van der Waals surface area (Å²) < 4.78 is 0. The summed E-state index contributed by atoms with van der Waals surface area (Å²) in [5, 5.41) is 12.1. The summed E-state index contributed by atoms with van der Waals surface area (Å²) in [5.41, 5.74) is 0.725. The number of amides is 1. The molecule has 0 atom stereocenters. The average molecular weight is 318 g/mol. The van der Waals surface area contributed by atoms with Crippen LogP contribution >= 0.6 is 11.8 Å². The second kappa shape index (κ2) is 8.68. The number of carbonyl (C=O) groups is 1. The molecule has 1 saturated carbocycles. The highest BCUT2D eigenvalue weighted by Gasteiger charge is 2.20. The summed E-state index contributed by atoms with van der Waals surface area (Å²) in [6, 6.07) is 5.50. The van der Waals surface area contributed by atoms with Gasteiger partial charge in [-0.05, 0) is 36.7 Å². The third-order valence-electron chi connectivity index (χ3n) is 3.70. The first-order valence-electron chi connectivity index (χ1n) is 7.62. The van der Waals surface area contributed by atoms with Gasteiger partial charge in [0.15, 0.2) is 5.17 Å². The zero-order valence-electron chi connectivity index (χ0n) is 12.8. The van der Waals surface area contributed by atoms with Gasteiger partial charge in [0.2, 0.25) is 5.91 Å². The number of pyridine rings is 1. The molecule has 1 aliphatic rings. The molecule has 1 amide bonds. The van der Waals surface area contributed by atoms with Crippen molar-refractivity contribution in [2.75, 3.05) is 7.05 Å². The molecule has 2 N–H and O–H groups in total. The molecule has 1 aliphatic carbocycles. The molecule has 118 valence electrons. The predicted molar refractivity (Wildman–Crippen MR) is 91.3 cm³/mol. The predicted octanol–water partition coefficient (Wildman–Crippen LogP) is 3.02. The maximum atomic E-state index is 12.0. The summed E-state index contributed by atoms with van der Waals surface area (Å²) in [5.74, 6) is 0.173. The average Bonchev–Trinajstić information content (AvgIpc) is 2.55. The molecule has 0 unspecified atom stereocenters. The highest BCUT2D eigenvalue weighted by Crippen LogP contribution is 2.28. The first-order chi connectivity index (χ1) is 10.7. The molecule has 0 bridgehead atoms. The first kappa shape index (κ1) is 16.7. The maximum Gasteiger partial charge on any atom is 0.231 e. The minimum atomic E-state index is -0.150. The molecular formula is C16H22N4OS. The topological polar surface area (TPSA) is 78.2 Å². The highest BCUT2D eigenvalue weighted by molar-refractivity contribution is 8.26. The van der Waals surface area contributed by atoms with Crippen molar-refractivity contribution < 1.29 is 4.79 Å². The van der Waals surface area contributed by atoms with Gasteiger partial charge in [0, 0.05) is 24.9 Å². The summed E-state index contributed by atoms with van der Waals surface area (Å²) in [6.45, 7) is 0. The summed E-state index contributed by atoms with van der Waals surface area (Å²) >= 11 is 1.27. The monoisotopic (exact) mass is 318 g/mol. The molecule has 1 heterocycles. The van der Waals surface area contributed by atoms with E-state index in [0.29, 0.717) is 16.1 Å². The van der Waals surface area contributed by atoms with Crippen LogP contribution in [-0.4, -0.2) is 28.2 Å². The smallest absolute Gasteiger partial charge is 0.231 e. The van der Waals surface area contributed by atoms with Crippen LogP contribution in [-0.2, 0) is 11.2 Å². The zero-order valence-corrected chi connectivity index (χ0v) is 13.7. The molecule has 1 fully saturated rings. The fourth-order valence-corrected chi connectivity index (χ4v) is 3.38. The van der Waals surface area contributed by atoms with Crippen LogP contribution in [0.2, 0.25) is 0 Å². The van der Waals surface area contributed by atoms with E-state index >= 15 is 0 Å². The van der Waals surface area contributed by atoms with Crippen molar-refractivity contribution in [3.05, 3.63) is 30.1 Å². The van der Waals surface area contributed by atoms with Crippen LogP contribution in [0, 0.1) is 11.3 Å². The third kappa shape index (κ3) is 5.26. The van der Waals surface area contributed by atoms with E-state index in [1.807, 2.05) is 18.2 Å². The van der Waals surface area contributed by atoms with Crippen LogP contribution in [0.25, 0.3) is 0 Å². The summed E-state index contributed by atoms with van der Waals surface area (Å²) in [7, 11) is 1.64. The lowest BCUT2D eigenvalue weighted by Gasteiger charge is -2.22. The second-order valence-corrected chi connectivity index (χ2v) is 6.41. The van der Waals surface area contributed by atoms with E-state index in [1.54, 1.807) is 13.2 Å². The number of amidine groups is 1. The SMILES string of the molecule is C/N=C(/NC(=O)Cc1ccccn1)SC(=N)C1CCCCC1. The summed E-state index contributed by atoms with van der Waals surface area (Å²) in [4.78, 5) is 20.3. The zero-order chi connectivity index (χ0) is 15.8. The molecule has 1 aromatic rings. The number of nitrogens with one attached hydrogen (secondary N) is 2. The van der Waals surface area contributed by atoms with Gasteiger partial charge in [0.25, 0.3) is 0 Å². The molecule has 0 aromatic carbocycles. The van der Waals surface area contributed by atoms with Crippen LogP contribution < -0.4 is 5.32 Å². The lowest BCUT2D eigenvalue weighted by atomic mass is 9.90. The molecule has 2 rings (SSSR count). The Morgan fingerprint density at radius 2 is 2.18 bits per heavy atom. The molecule has 6 heteroatoms. The van der Waals surface area contributed by atoms with Crippen LogP contribution in [0.1, 0.15) is 37.8 Å². The molecule has 0 aliphatic heterocycles. The van der Waals surface area contributed by atoms with Crippen molar-refractivity contribution >= 4 is 27.9 Å². The number of aliphatic imine (C=N–C) groups is 1. The van der Waals surface area contributed by atoms with Crippen molar-refractivity contribution in [1.82, 2.24) is 10.3 Å². The number of nitrogens with zero attached hydrogens (tertiary/aromatic N) is 2. The van der Waals surface area contributed by atoms with E-state index in [1.165, 1.54) is 31.0 Å². The number of carbonyl (C=O) groups excluding carboxylic acids is 1. The van der Waals surface area contributed by atoms with E-state index in [0.717, 1.165) is 18.5 Å². The quantitative estimate of drug-likeness (QED) is 0.664. The van der Waals surface area contributed by atoms with Gasteiger partial charge in [-0.2, -0.15) is 0 Å². The van der Waals surface area contributed by atoms with Gasteiger partial charge < -0.3 is 5.32 Å². The first-order valence-corrected chi connectivity index (χ1v) is 8.43. The van der Waals surface area contributed by atoms with Gasteiger partial charge in [-0.15, -0.1) is 0 Å². The van der Waals surface area contributed by atoms with Crippen LogP contribution in [0.3, 0.4) is 0 Å². The van der Waals surface area contributed by atoms with Crippen LogP contribution in [0.4, 0.5) is 0 Å². The van der Waals surface area contributed by atoms with Crippen LogP contribution in [0.5, 0.6) is 0 Å². The Labute approximate surface area is 135 Å². The van der Waals surface area contributed by atoms with Gasteiger partial charge in [0.1, 0.15) is 0 Å². The molecule has 0 spiro atoms. The van der Waals surface area contributed by atoms with Crippen LogP contribution in [0.15, 0.2) is 29.4 Å². The second-order valence-electron chi connectivity index (χ2n) is 5.38. The van der Waals surface area contributed by atoms with E-state index in [-0.39, 0.29) is 12.3 Å². The minimum Gasteiger partial charge on any atom is -0.305 e. The number of aromatic nitrogens is 1. The van der Waals surface area contributed by atoms with Crippen molar-refractivity contribution in [2.45, 2.75) is 38.5 Å². The van der Waals surface area contributed by atoms with E-state index < -0.39 is 0 Å². The molecule has 22 heavy (non-hydrogen) atoms. The molecule has 0 radical (unpaired) electrons. The molecular weight excluding hydrogens is 296 g/mol. The number of rotatable bonds is 3. The molecule has 1 aromatic heterocycles. The van der Waals surface area contributed by atoms with Crippen molar-refractivity contribution in [1.29, 1.82) is 5.41 Å². The molecule has 5 nitrogen and oxygen atoms in total. The van der Waals surface area contributed by atoms with Gasteiger partial charge in [-0.25, -0.2) is 0 Å². The van der Waals surface area contributed by atoms with Gasteiger partial charge in [0.05, 0.1) is 11.5 Å².